The normalized spacial score (nSPS) is 25.5. The van der Waals surface area contributed by atoms with Crippen LogP contribution in [0.3, 0.4) is 0 Å². The predicted molar refractivity (Wildman–Crippen MR) is 130 cm³/mol. The maximum absolute atomic E-state index is 12.0. The number of hydrogen-bond acceptors (Lipinski definition) is 4. The van der Waals surface area contributed by atoms with Crippen molar-refractivity contribution in [1.82, 2.24) is 0 Å². The molecule has 1 heterocycles. The van der Waals surface area contributed by atoms with Crippen molar-refractivity contribution in [3.05, 3.63) is 70.8 Å². The Kier molecular flexibility index (Phi) is 8.57. The fourth-order valence-corrected chi connectivity index (χ4v) is 5.18. The zero-order chi connectivity index (χ0) is 23.0. The highest BCUT2D eigenvalue weighted by atomic mass is 16.7. The number of rotatable bonds is 8. The third kappa shape index (κ3) is 6.24. The molecule has 0 atom stereocenters. The number of hydrogen-bond donors (Lipinski definition) is 0. The molecule has 0 amide bonds. The van der Waals surface area contributed by atoms with E-state index in [9.17, 15) is 4.79 Å². The largest absolute Gasteiger partial charge is 0.462 e. The second kappa shape index (κ2) is 11.8. The Balaban J connectivity index is 1.27. The van der Waals surface area contributed by atoms with Crippen LogP contribution in [0.5, 0.6) is 0 Å². The lowest BCUT2D eigenvalue weighted by Gasteiger charge is -2.31. The molecule has 1 saturated heterocycles. The van der Waals surface area contributed by atoms with Gasteiger partial charge in [0.2, 0.25) is 0 Å². The first-order valence-corrected chi connectivity index (χ1v) is 12.8. The summed E-state index contributed by atoms with van der Waals surface area (Å²) in [6, 6.07) is 16.5. The molecule has 0 unspecified atom stereocenters. The highest BCUT2D eigenvalue weighted by molar-refractivity contribution is 5.89. The van der Waals surface area contributed by atoms with Crippen molar-refractivity contribution in [1.29, 1.82) is 0 Å². The van der Waals surface area contributed by atoms with Gasteiger partial charge in [-0.15, -0.1) is 0 Å². The van der Waals surface area contributed by atoms with Gasteiger partial charge in [-0.2, -0.15) is 0 Å². The minimum Gasteiger partial charge on any atom is -0.462 e. The monoisotopic (exact) mass is 450 g/mol. The SMILES string of the molecule is CCCOC(=O)c1ccc(C2OCC(c3ccc([C@H]4CC[C@H](CCC)CC4)cc3)CO2)cc1. The van der Waals surface area contributed by atoms with Gasteiger partial charge >= 0.3 is 5.97 Å². The summed E-state index contributed by atoms with van der Waals surface area (Å²) in [7, 11) is 0. The first-order chi connectivity index (χ1) is 16.2. The van der Waals surface area contributed by atoms with E-state index in [2.05, 4.69) is 31.2 Å². The molecule has 1 aliphatic heterocycles. The first-order valence-electron chi connectivity index (χ1n) is 12.8. The summed E-state index contributed by atoms with van der Waals surface area (Å²) in [6.07, 6.45) is 8.56. The van der Waals surface area contributed by atoms with Crippen molar-refractivity contribution in [2.75, 3.05) is 19.8 Å². The highest BCUT2D eigenvalue weighted by Gasteiger charge is 2.26. The second-order valence-electron chi connectivity index (χ2n) is 9.63. The lowest BCUT2D eigenvalue weighted by atomic mass is 9.77. The van der Waals surface area contributed by atoms with Crippen molar-refractivity contribution in [2.45, 2.75) is 76.9 Å². The van der Waals surface area contributed by atoms with Crippen molar-refractivity contribution in [2.24, 2.45) is 5.92 Å². The van der Waals surface area contributed by atoms with Gasteiger partial charge in [-0.1, -0.05) is 63.1 Å². The molecule has 4 rings (SSSR count). The summed E-state index contributed by atoms with van der Waals surface area (Å²) in [6.45, 7) is 5.99. The minimum atomic E-state index is -0.389. The van der Waals surface area contributed by atoms with Gasteiger partial charge in [0.1, 0.15) is 0 Å². The third-order valence-corrected chi connectivity index (χ3v) is 7.18. The Morgan fingerprint density at radius 3 is 1.94 bits per heavy atom. The molecule has 4 heteroatoms. The molecular formula is C29H38O4. The van der Waals surface area contributed by atoms with Crippen LogP contribution in [0.25, 0.3) is 0 Å². The van der Waals surface area contributed by atoms with E-state index in [-0.39, 0.29) is 18.2 Å². The molecule has 0 radical (unpaired) electrons. The van der Waals surface area contributed by atoms with Gasteiger partial charge in [-0.25, -0.2) is 4.79 Å². The molecule has 0 spiro atoms. The quantitative estimate of drug-likeness (QED) is 0.400. The standard InChI is InChI=1S/C29H38O4/c1-3-5-21-6-8-22(9-7-21)23-10-12-24(13-11-23)27-19-32-29(33-20-27)26-16-14-25(15-17-26)28(30)31-18-4-2/h10-17,21-22,27,29H,3-9,18-20H2,1-2H3/t21-,22-,27?,29?. The van der Waals surface area contributed by atoms with Gasteiger partial charge in [0, 0.05) is 11.5 Å². The Hall–Kier alpha value is -2.17. The average Bonchev–Trinajstić information content (AvgIpc) is 2.88. The maximum Gasteiger partial charge on any atom is 0.338 e. The zero-order valence-corrected chi connectivity index (χ0v) is 20.1. The lowest BCUT2D eigenvalue weighted by Crippen LogP contribution is -2.25. The summed E-state index contributed by atoms with van der Waals surface area (Å²) < 4.78 is 17.3. The van der Waals surface area contributed by atoms with Crippen LogP contribution in [0, 0.1) is 5.92 Å². The fraction of sp³-hybridized carbons (Fsp3) is 0.552. The van der Waals surface area contributed by atoms with E-state index in [1.165, 1.54) is 49.7 Å². The lowest BCUT2D eigenvalue weighted by molar-refractivity contribution is -0.191. The van der Waals surface area contributed by atoms with Crippen LogP contribution in [0.15, 0.2) is 48.5 Å². The molecule has 178 valence electrons. The Morgan fingerprint density at radius 2 is 1.36 bits per heavy atom. The zero-order valence-electron chi connectivity index (χ0n) is 20.1. The van der Waals surface area contributed by atoms with Crippen LogP contribution < -0.4 is 0 Å². The van der Waals surface area contributed by atoms with E-state index in [0.717, 1.165) is 23.8 Å². The van der Waals surface area contributed by atoms with Crippen molar-refractivity contribution in [3.63, 3.8) is 0 Å². The van der Waals surface area contributed by atoms with E-state index in [1.54, 1.807) is 12.1 Å². The van der Waals surface area contributed by atoms with E-state index >= 15 is 0 Å². The van der Waals surface area contributed by atoms with Gasteiger partial charge < -0.3 is 14.2 Å². The molecule has 2 fully saturated rings. The number of carbonyl (C=O) groups is 1. The Labute approximate surface area is 198 Å². The van der Waals surface area contributed by atoms with E-state index < -0.39 is 0 Å². The van der Waals surface area contributed by atoms with Gasteiger partial charge in [0.15, 0.2) is 6.29 Å². The van der Waals surface area contributed by atoms with E-state index in [4.69, 9.17) is 14.2 Å². The molecule has 0 aromatic heterocycles. The third-order valence-electron chi connectivity index (χ3n) is 7.18. The molecule has 0 bridgehead atoms. The van der Waals surface area contributed by atoms with Gasteiger partial charge in [-0.3, -0.25) is 0 Å². The molecular weight excluding hydrogens is 412 g/mol. The highest BCUT2D eigenvalue weighted by Crippen LogP contribution is 2.38. The number of esters is 1. The topological polar surface area (TPSA) is 44.8 Å². The second-order valence-corrected chi connectivity index (χ2v) is 9.63. The van der Waals surface area contributed by atoms with Crippen LogP contribution in [-0.2, 0) is 14.2 Å². The minimum absolute atomic E-state index is 0.249. The summed E-state index contributed by atoms with van der Waals surface area (Å²) in [4.78, 5) is 12.0. The fourth-order valence-electron chi connectivity index (χ4n) is 5.18. The summed E-state index contributed by atoms with van der Waals surface area (Å²) in [5.41, 5.74) is 4.25. The summed E-state index contributed by atoms with van der Waals surface area (Å²) in [5.74, 6) is 1.63. The van der Waals surface area contributed by atoms with E-state index in [1.807, 2.05) is 19.1 Å². The molecule has 33 heavy (non-hydrogen) atoms. The van der Waals surface area contributed by atoms with E-state index in [0.29, 0.717) is 25.4 Å². The van der Waals surface area contributed by atoms with Crippen LogP contribution in [-0.4, -0.2) is 25.8 Å². The molecule has 4 nitrogen and oxygen atoms in total. The van der Waals surface area contributed by atoms with Crippen molar-refractivity contribution < 1.29 is 19.0 Å². The molecule has 1 aliphatic carbocycles. The molecule has 2 aliphatic rings. The first kappa shape index (κ1) is 24.0. The predicted octanol–water partition coefficient (Wildman–Crippen LogP) is 7.16. The Bertz CT molecular complexity index is 857. The number of benzene rings is 2. The van der Waals surface area contributed by atoms with Crippen LogP contribution in [0.2, 0.25) is 0 Å². The van der Waals surface area contributed by atoms with Crippen LogP contribution in [0.1, 0.15) is 104 Å². The molecule has 2 aromatic rings. The van der Waals surface area contributed by atoms with Crippen molar-refractivity contribution in [3.8, 4) is 0 Å². The van der Waals surface area contributed by atoms with Crippen LogP contribution >= 0.6 is 0 Å². The Morgan fingerprint density at radius 1 is 0.788 bits per heavy atom. The maximum atomic E-state index is 12.0. The molecule has 2 aromatic carbocycles. The smallest absolute Gasteiger partial charge is 0.338 e. The van der Waals surface area contributed by atoms with Crippen molar-refractivity contribution >= 4 is 5.97 Å². The van der Waals surface area contributed by atoms with Gasteiger partial charge in [-0.05, 0) is 67.2 Å². The average molecular weight is 451 g/mol. The van der Waals surface area contributed by atoms with Crippen LogP contribution in [0.4, 0.5) is 0 Å². The molecule has 0 N–H and O–H groups in total. The van der Waals surface area contributed by atoms with Gasteiger partial charge in [0.25, 0.3) is 0 Å². The summed E-state index contributed by atoms with van der Waals surface area (Å²) in [5, 5.41) is 0. The molecule has 1 saturated carbocycles. The summed E-state index contributed by atoms with van der Waals surface area (Å²) >= 11 is 0. The van der Waals surface area contributed by atoms with Gasteiger partial charge in [0.05, 0.1) is 25.4 Å². The number of ether oxygens (including phenoxy) is 3. The number of carbonyl (C=O) groups excluding carboxylic acids is 1.